The molecule has 6 heteroatoms. The Labute approximate surface area is 122 Å². The van der Waals surface area contributed by atoms with Gasteiger partial charge >= 0.3 is 5.97 Å². The molecule has 1 heterocycles. The van der Waals surface area contributed by atoms with E-state index in [1.807, 2.05) is 19.1 Å². The smallest absolute Gasteiger partial charge is 0.358 e. The van der Waals surface area contributed by atoms with Crippen LogP contribution >= 0.6 is 11.6 Å². The molecule has 1 aromatic heterocycles. The zero-order valence-corrected chi connectivity index (χ0v) is 12.2. The van der Waals surface area contributed by atoms with Gasteiger partial charge in [0.1, 0.15) is 0 Å². The average Bonchev–Trinajstić information content (AvgIpc) is 2.80. The number of halogens is 1. The number of aromatic nitrogens is 3. The Balaban J connectivity index is 2.52. The van der Waals surface area contributed by atoms with Crippen molar-refractivity contribution >= 4 is 17.6 Å². The Bertz CT molecular complexity index is 637. The van der Waals surface area contributed by atoms with E-state index >= 15 is 0 Å². The van der Waals surface area contributed by atoms with Crippen LogP contribution < -0.4 is 0 Å². The molecule has 0 fully saturated rings. The summed E-state index contributed by atoms with van der Waals surface area (Å²) in [6.45, 7) is 3.97. The molecule has 106 valence electrons. The molecule has 5 nitrogen and oxygen atoms in total. The summed E-state index contributed by atoms with van der Waals surface area (Å²) >= 11 is 5.94. The number of rotatable bonds is 5. The number of benzene rings is 1. The monoisotopic (exact) mass is 293 g/mol. The average molecular weight is 294 g/mol. The molecular formula is C14H16ClN3O2. The van der Waals surface area contributed by atoms with Gasteiger partial charge < -0.3 is 5.11 Å². The maximum atomic E-state index is 11.2. The molecule has 20 heavy (non-hydrogen) atoms. The SMILES string of the molecule is CCCCc1c(C(=O)O)nnn1-c1ccc(Cl)cc1C. The molecule has 0 unspecified atom stereocenters. The maximum absolute atomic E-state index is 11.2. The van der Waals surface area contributed by atoms with Gasteiger partial charge in [-0.15, -0.1) is 5.10 Å². The summed E-state index contributed by atoms with van der Waals surface area (Å²) in [6, 6.07) is 5.41. The molecule has 0 radical (unpaired) electrons. The molecule has 0 saturated carbocycles. The Hall–Kier alpha value is -1.88. The van der Waals surface area contributed by atoms with E-state index in [9.17, 15) is 9.90 Å². The second-order valence-corrected chi connectivity index (χ2v) is 5.07. The van der Waals surface area contributed by atoms with Crippen molar-refractivity contribution in [2.24, 2.45) is 0 Å². The number of hydrogen-bond acceptors (Lipinski definition) is 3. The fourth-order valence-corrected chi connectivity index (χ4v) is 2.31. The van der Waals surface area contributed by atoms with Gasteiger partial charge in [0, 0.05) is 5.02 Å². The van der Waals surface area contributed by atoms with Crippen LogP contribution in [-0.4, -0.2) is 26.1 Å². The Kier molecular flexibility index (Phi) is 4.39. The lowest BCUT2D eigenvalue weighted by atomic mass is 10.1. The highest BCUT2D eigenvalue weighted by Gasteiger charge is 2.20. The minimum Gasteiger partial charge on any atom is -0.476 e. The van der Waals surface area contributed by atoms with Crippen LogP contribution in [0.2, 0.25) is 5.02 Å². The molecule has 0 spiro atoms. The van der Waals surface area contributed by atoms with Gasteiger partial charge in [-0.25, -0.2) is 9.48 Å². The molecule has 0 amide bonds. The number of carbonyl (C=O) groups is 1. The molecule has 0 aliphatic rings. The summed E-state index contributed by atoms with van der Waals surface area (Å²) in [5.41, 5.74) is 2.38. The summed E-state index contributed by atoms with van der Waals surface area (Å²) in [5.74, 6) is -1.05. The summed E-state index contributed by atoms with van der Waals surface area (Å²) in [4.78, 5) is 11.2. The first-order chi connectivity index (χ1) is 9.54. The van der Waals surface area contributed by atoms with E-state index in [4.69, 9.17) is 11.6 Å². The molecule has 0 bridgehead atoms. The van der Waals surface area contributed by atoms with Crippen molar-refractivity contribution in [3.63, 3.8) is 0 Å². The van der Waals surface area contributed by atoms with Crippen molar-refractivity contribution in [1.82, 2.24) is 15.0 Å². The lowest BCUT2D eigenvalue weighted by molar-refractivity contribution is 0.0689. The molecule has 0 atom stereocenters. The summed E-state index contributed by atoms with van der Waals surface area (Å²) in [5, 5.41) is 17.6. The molecule has 0 aliphatic carbocycles. The summed E-state index contributed by atoms with van der Waals surface area (Å²) in [7, 11) is 0. The first-order valence-corrected chi connectivity index (χ1v) is 6.86. The van der Waals surface area contributed by atoms with E-state index in [0.717, 1.165) is 24.1 Å². The molecule has 2 rings (SSSR count). The van der Waals surface area contributed by atoms with Crippen molar-refractivity contribution in [3.8, 4) is 5.69 Å². The van der Waals surface area contributed by atoms with Gasteiger partial charge in [0.15, 0.2) is 5.69 Å². The largest absolute Gasteiger partial charge is 0.476 e. The van der Waals surface area contributed by atoms with Gasteiger partial charge in [0.2, 0.25) is 0 Å². The third-order valence-corrected chi connectivity index (χ3v) is 3.36. The Morgan fingerprint density at radius 1 is 1.45 bits per heavy atom. The summed E-state index contributed by atoms with van der Waals surface area (Å²) in [6.07, 6.45) is 2.50. The number of nitrogens with zero attached hydrogens (tertiary/aromatic N) is 3. The van der Waals surface area contributed by atoms with Crippen LogP contribution in [-0.2, 0) is 6.42 Å². The van der Waals surface area contributed by atoms with E-state index in [0.29, 0.717) is 17.1 Å². The first kappa shape index (κ1) is 14.5. The molecule has 1 aromatic carbocycles. The van der Waals surface area contributed by atoms with Crippen LogP contribution in [0.1, 0.15) is 41.5 Å². The van der Waals surface area contributed by atoms with Crippen LogP contribution in [0.15, 0.2) is 18.2 Å². The van der Waals surface area contributed by atoms with Crippen LogP contribution in [0.3, 0.4) is 0 Å². The first-order valence-electron chi connectivity index (χ1n) is 6.49. The molecular weight excluding hydrogens is 278 g/mol. The van der Waals surface area contributed by atoms with Crippen molar-refractivity contribution in [2.75, 3.05) is 0 Å². The third-order valence-electron chi connectivity index (χ3n) is 3.12. The molecule has 2 aromatic rings. The highest BCUT2D eigenvalue weighted by molar-refractivity contribution is 6.30. The summed E-state index contributed by atoms with van der Waals surface area (Å²) < 4.78 is 1.60. The molecule has 0 saturated heterocycles. The zero-order valence-electron chi connectivity index (χ0n) is 11.4. The number of aromatic carboxylic acids is 1. The highest BCUT2D eigenvalue weighted by atomic mass is 35.5. The van der Waals surface area contributed by atoms with E-state index in [1.54, 1.807) is 10.7 Å². The van der Waals surface area contributed by atoms with Crippen molar-refractivity contribution in [3.05, 3.63) is 40.2 Å². The van der Waals surface area contributed by atoms with Crippen molar-refractivity contribution in [2.45, 2.75) is 33.1 Å². The lowest BCUT2D eigenvalue weighted by Crippen LogP contribution is -2.08. The van der Waals surface area contributed by atoms with Crippen molar-refractivity contribution < 1.29 is 9.90 Å². The van der Waals surface area contributed by atoms with Crippen LogP contribution in [0.25, 0.3) is 5.69 Å². The van der Waals surface area contributed by atoms with E-state index in [1.165, 1.54) is 0 Å². The topological polar surface area (TPSA) is 68.0 Å². The van der Waals surface area contributed by atoms with Crippen LogP contribution in [0, 0.1) is 6.92 Å². The van der Waals surface area contributed by atoms with E-state index in [2.05, 4.69) is 17.2 Å². The number of carboxylic acid groups (broad SMARTS) is 1. The van der Waals surface area contributed by atoms with Gasteiger partial charge in [-0.1, -0.05) is 30.2 Å². The number of unbranched alkanes of at least 4 members (excludes halogenated alkanes) is 1. The normalized spacial score (nSPS) is 10.8. The van der Waals surface area contributed by atoms with Gasteiger partial charge in [-0.3, -0.25) is 0 Å². The van der Waals surface area contributed by atoms with Gasteiger partial charge in [0.05, 0.1) is 11.4 Å². The zero-order chi connectivity index (χ0) is 14.7. The van der Waals surface area contributed by atoms with E-state index < -0.39 is 5.97 Å². The number of hydrogen-bond donors (Lipinski definition) is 1. The molecule has 0 aliphatic heterocycles. The van der Waals surface area contributed by atoms with Gasteiger partial charge in [-0.2, -0.15) is 0 Å². The molecule has 1 N–H and O–H groups in total. The Morgan fingerprint density at radius 3 is 2.80 bits per heavy atom. The minimum absolute atomic E-state index is 0.0211. The standard InChI is InChI=1S/C14H16ClN3O2/c1-3-4-5-12-13(14(19)20)16-17-18(12)11-7-6-10(15)8-9(11)2/h6-8H,3-5H2,1-2H3,(H,19,20). The number of aryl methyl sites for hydroxylation is 1. The fraction of sp³-hybridized carbons (Fsp3) is 0.357. The van der Waals surface area contributed by atoms with Gasteiger partial charge in [0.25, 0.3) is 0 Å². The van der Waals surface area contributed by atoms with Crippen LogP contribution in [0.4, 0.5) is 0 Å². The minimum atomic E-state index is -1.05. The third kappa shape index (κ3) is 2.82. The number of carboxylic acids is 1. The predicted octanol–water partition coefficient (Wildman–Crippen LogP) is 3.27. The van der Waals surface area contributed by atoms with E-state index in [-0.39, 0.29) is 5.69 Å². The van der Waals surface area contributed by atoms with Crippen LogP contribution in [0.5, 0.6) is 0 Å². The fourth-order valence-electron chi connectivity index (χ4n) is 2.09. The quantitative estimate of drug-likeness (QED) is 0.918. The van der Waals surface area contributed by atoms with Crippen molar-refractivity contribution in [1.29, 1.82) is 0 Å². The highest BCUT2D eigenvalue weighted by Crippen LogP contribution is 2.21. The Morgan fingerprint density at radius 2 is 2.20 bits per heavy atom. The second kappa shape index (κ2) is 6.05. The second-order valence-electron chi connectivity index (χ2n) is 4.64. The maximum Gasteiger partial charge on any atom is 0.358 e. The predicted molar refractivity (Wildman–Crippen MR) is 76.7 cm³/mol. The lowest BCUT2D eigenvalue weighted by Gasteiger charge is -2.09. The van der Waals surface area contributed by atoms with Gasteiger partial charge in [-0.05, 0) is 43.5 Å².